The van der Waals surface area contributed by atoms with Gasteiger partial charge >= 0.3 is 0 Å². The van der Waals surface area contributed by atoms with Gasteiger partial charge in [0.15, 0.2) is 0 Å². The number of aromatic nitrogens is 2. The lowest BCUT2D eigenvalue weighted by molar-refractivity contribution is 1.37. The van der Waals surface area contributed by atoms with Gasteiger partial charge in [0, 0.05) is 22.5 Å². The number of hydrogen-bond donors (Lipinski definition) is 0. The molecule has 2 heterocycles. The Morgan fingerprint density at radius 1 is 0.286 bits per heavy atom. The van der Waals surface area contributed by atoms with Crippen LogP contribution in [0.1, 0.15) is 0 Å². The van der Waals surface area contributed by atoms with Gasteiger partial charge in [-0.15, -0.1) is 0 Å². The normalized spacial score (nSPS) is 11.6. The molecule has 2 heteroatoms. The zero-order chi connectivity index (χ0) is 37.0. The van der Waals surface area contributed by atoms with Gasteiger partial charge < -0.3 is 0 Å². The number of benzene rings is 9. The fourth-order valence-corrected chi connectivity index (χ4v) is 8.71. The van der Waals surface area contributed by atoms with Crippen molar-refractivity contribution in [2.24, 2.45) is 0 Å². The Labute approximate surface area is 325 Å². The second kappa shape index (κ2) is 13.2. The van der Waals surface area contributed by atoms with Crippen LogP contribution in [0.25, 0.3) is 110 Å². The summed E-state index contributed by atoms with van der Waals surface area (Å²) in [7, 11) is 0. The average molecular weight is 711 g/mol. The third-order valence-corrected chi connectivity index (χ3v) is 11.3. The van der Waals surface area contributed by atoms with E-state index in [1.54, 1.807) is 0 Å². The highest BCUT2D eigenvalue weighted by Crippen LogP contribution is 2.47. The summed E-state index contributed by atoms with van der Waals surface area (Å²) in [5, 5.41) is 9.47. The van der Waals surface area contributed by atoms with Crippen molar-refractivity contribution in [3.8, 4) is 55.8 Å². The first-order valence-electron chi connectivity index (χ1n) is 19.2. The minimum absolute atomic E-state index is 0.924. The molecule has 56 heavy (non-hydrogen) atoms. The van der Waals surface area contributed by atoms with Gasteiger partial charge in [0.1, 0.15) is 0 Å². The van der Waals surface area contributed by atoms with Crippen LogP contribution in [0.15, 0.2) is 206 Å². The summed E-state index contributed by atoms with van der Waals surface area (Å²) in [6, 6.07) is 72.4. The Kier molecular flexibility index (Phi) is 7.53. The smallest absolute Gasteiger partial charge is 0.0972 e. The summed E-state index contributed by atoms with van der Waals surface area (Å²) in [5.41, 5.74) is 13.6. The van der Waals surface area contributed by atoms with Crippen LogP contribution in [0.5, 0.6) is 0 Å². The molecule has 0 fully saturated rings. The van der Waals surface area contributed by atoms with E-state index in [9.17, 15) is 0 Å². The van der Waals surface area contributed by atoms with Crippen molar-refractivity contribution in [1.82, 2.24) is 9.97 Å². The molecule has 0 aliphatic carbocycles. The van der Waals surface area contributed by atoms with Crippen LogP contribution in [0.2, 0.25) is 0 Å². The van der Waals surface area contributed by atoms with Crippen LogP contribution in [-0.2, 0) is 0 Å². The van der Waals surface area contributed by atoms with Gasteiger partial charge in [-0.05, 0) is 107 Å². The number of rotatable bonds is 5. The first-order chi connectivity index (χ1) is 27.8. The predicted molar refractivity (Wildman–Crippen MR) is 237 cm³/mol. The molecule has 0 N–H and O–H groups in total. The van der Waals surface area contributed by atoms with E-state index in [-0.39, 0.29) is 0 Å². The highest BCUT2D eigenvalue weighted by Gasteiger charge is 2.20. The fourth-order valence-electron chi connectivity index (χ4n) is 8.71. The summed E-state index contributed by atoms with van der Waals surface area (Å²) in [5.74, 6) is 0. The van der Waals surface area contributed by atoms with Crippen molar-refractivity contribution < 1.29 is 0 Å². The lowest BCUT2D eigenvalue weighted by atomic mass is 9.83. The molecule has 0 atom stereocenters. The molecule has 260 valence electrons. The van der Waals surface area contributed by atoms with E-state index in [1.807, 2.05) is 12.3 Å². The van der Waals surface area contributed by atoms with Crippen LogP contribution in [0.3, 0.4) is 0 Å². The summed E-state index contributed by atoms with van der Waals surface area (Å²) < 4.78 is 0. The zero-order valence-corrected chi connectivity index (χ0v) is 30.5. The second-order valence-electron chi connectivity index (χ2n) is 14.5. The van der Waals surface area contributed by atoms with E-state index in [2.05, 4.69) is 194 Å². The monoisotopic (exact) mass is 710 g/mol. The molecule has 0 radical (unpaired) electrons. The lowest BCUT2D eigenvalue weighted by Crippen LogP contribution is -1.94. The Balaban J connectivity index is 1.16. The second-order valence-corrected chi connectivity index (χ2v) is 14.5. The van der Waals surface area contributed by atoms with Gasteiger partial charge in [0.25, 0.3) is 0 Å². The molecule has 0 unspecified atom stereocenters. The van der Waals surface area contributed by atoms with E-state index >= 15 is 0 Å². The zero-order valence-electron chi connectivity index (χ0n) is 30.5. The molecule has 2 nitrogen and oxygen atoms in total. The molecule has 0 bridgehead atoms. The number of nitrogens with zero attached hydrogens (tertiary/aromatic N) is 2. The van der Waals surface area contributed by atoms with Gasteiger partial charge in [0.05, 0.1) is 16.7 Å². The largest absolute Gasteiger partial charge is 0.254 e. The molecule has 0 aliphatic rings. The van der Waals surface area contributed by atoms with Gasteiger partial charge in [-0.1, -0.05) is 170 Å². The Bertz CT molecular complexity index is 3180. The summed E-state index contributed by atoms with van der Waals surface area (Å²) in [6.45, 7) is 0. The molecule has 0 spiro atoms. The predicted octanol–water partition coefficient (Wildman–Crippen LogP) is 14.6. The molecule has 2 aromatic heterocycles. The average Bonchev–Trinajstić information content (AvgIpc) is 3.28. The van der Waals surface area contributed by atoms with E-state index in [0.29, 0.717) is 0 Å². The molecular formula is C54H34N2. The third-order valence-electron chi connectivity index (χ3n) is 11.3. The molecule has 9 aromatic carbocycles. The molecule has 0 aliphatic heterocycles. The number of fused-ring (bicyclic) bond motifs is 6. The minimum Gasteiger partial charge on any atom is -0.254 e. The first-order valence-corrected chi connectivity index (χ1v) is 19.2. The van der Waals surface area contributed by atoms with E-state index in [0.717, 1.165) is 33.1 Å². The summed E-state index contributed by atoms with van der Waals surface area (Å²) >= 11 is 0. The van der Waals surface area contributed by atoms with Crippen molar-refractivity contribution in [2.45, 2.75) is 0 Å². The Morgan fingerprint density at radius 2 is 0.750 bits per heavy atom. The number of hydrogen-bond acceptors (Lipinski definition) is 2. The van der Waals surface area contributed by atoms with E-state index in [4.69, 9.17) is 9.97 Å². The van der Waals surface area contributed by atoms with Crippen LogP contribution < -0.4 is 0 Å². The Morgan fingerprint density at radius 3 is 1.36 bits per heavy atom. The van der Waals surface area contributed by atoms with E-state index < -0.39 is 0 Å². The van der Waals surface area contributed by atoms with Crippen molar-refractivity contribution in [3.05, 3.63) is 206 Å². The SMILES string of the molecule is c1ccc(-c2cc(-c3ccccc3)cc(-c3c4ccccc4c(-c4ccc(-c5ccc6ccc7cccnc7c6n5)c5ccccc45)c4ccccc34)c2)cc1. The maximum Gasteiger partial charge on any atom is 0.0972 e. The highest BCUT2D eigenvalue weighted by atomic mass is 14.8. The molecule has 11 rings (SSSR count). The van der Waals surface area contributed by atoms with Gasteiger partial charge in [-0.3, -0.25) is 4.98 Å². The first kappa shape index (κ1) is 32.0. The van der Waals surface area contributed by atoms with Gasteiger partial charge in [-0.2, -0.15) is 0 Å². The minimum atomic E-state index is 0.924. The van der Waals surface area contributed by atoms with Crippen LogP contribution in [-0.4, -0.2) is 9.97 Å². The van der Waals surface area contributed by atoms with Crippen molar-refractivity contribution in [1.29, 1.82) is 0 Å². The van der Waals surface area contributed by atoms with Crippen LogP contribution >= 0.6 is 0 Å². The molecular weight excluding hydrogens is 677 g/mol. The Hall–Kier alpha value is -7.42. The highest BCUT2D eigenvalue weighted by molar-refractivity contribution is 6.24. The van der Waals surface area contributed by atoms with Gasteiger partial charge in [-0.25, -0.2) is 4.98 Å². The molecule has 0 saturated heterocycles. The van der Waals surface area contributed by atoms with Crippen LogP contribution in [0, 0.1) is 0 Å². The summed E-state index contributed by atoms with van der Waals surface area (Å²) in [4.78, 5) is 9.99. The molecule has 0 amide bonds. The van der Waals surface area contributed by atoms with Crippen molar-refractivity contribution >= 4 is 54.1 Å². The molecule has 0 saturated carbocycles. The standard InChI is InChI=1S/C54H34N2/c1-3-14-35(15-4-1)39-32-40(36-16-5-2-6-17-36)34-41(33-39)51-45-21-9-11-23-47(45)52(48-24-12-10-22-46(48)51)49-29-28-44(42-19-7-8-20-43(42)49)50-30-27-38-26-25-37-18-13-31-55-53(37)54(38)56-50/h1-34H. The maximum atomic E-state index is 5.27. The van der Waals surface area contributed by atoms with E-state index in [1.165, 1.54) is 76.8 Å². The maximum absolute atomic E-state index is 5.27. The van der Waals surface area contributed by atoms with Crippen molar-refractivity contribution in [3.63, 3.8) is 0 Å². The van der Waals surface area contributed by atoms with Crippen LogP contribution in [0.4, 0.5) is 0 Å². The van der Waals surface area contributed by atoms with Crippen molar-refractivity contribution in [2.75, 3.05) is 0 Å². The summed E-state index contributed by atoms with van der Waals surface area (Å²) in [6.07, 6.45) is 1.85. The molecule has 11 aromatic rings. The lowest BCUT2D eigenvalue weighted by Gasteiger charge is -2.20. The quantitative estimate of drug-likeness (QED) is 0.131. The third kappa shape index (κ3) is 5.26. The fraction of sp³-hybridized carbons (Fsp3) is 0. The van der Waals surface area contributed by atoms with Gasteiger partial charge in [0.2, 0.25) is 0 Å². The topological polar surface area (TPSA) is 25.8 Å². The number of pyridine rings is 2.